The topological polar surface area (TPSA) is 73.3 Å². The second-order valence-corrected chi connectivity index (χ2v) is 3.46. The van der Waals surface area contributed by atoms with Crippen LogP contribution in [0.15, 0.2) is 12.5 Å². The molecule has 0 bridgehead atoms. The first-order valence-electron chi connectivity index (χ1n) is 5.18. The minimum Gasteiger partial charge on any atom is -0.478 e. The maximum atomic E-state index is 5.62. The molecule has 14 heavy (non-hydrogen) atoms. The highest BCUT2D eigenvalue weighted by atomic mass is 16.5. The summed E-state index contributed by atoms with van der Waals surface area (Å²) in [4.78, 5) is 0. The average Bonchev–Trinajstić information content (AvgIpc) is 2.13. The highest BCUT2D eigenvalue weighted by molar-refractivity contribution is 4.78. The minimum atomic E-state index is 0.298. The maximum Gasteiger partial charge on any atom is 0.179 e. The SMILES string of the molecule is C=C(NCCCCC(C)N)OCCN. The molecule has 84 valence electrons. The van der Waals surface area contributed by atoms with Gasteiger partial charge in [-0.25, -0.2) is 0 Å². The smallest absolute Gasteiger partial charge is 0.179 e. The molecule has 0 aliphatic carbocycles. The van der Waals surface area contributed by atoms with Crippen molar-refractivity contribution >= 4 is 0 Å². The van der Waals surface area contributed by atoms with Crippen LogP contribution in [0.4, 0.5) is 0 Å². The van der Waals surface area contributed by atoms with E-state index in [4.69, 9.17) is 16.2 Å². The fraction of sp³-hybridized carbons (Fsp3) is 0.800. The van der Waals surface area contributed by atoms with E-state index in [0.717, 1.165) is 25.8 Å². The van der Waals surface area contributed by atoms with E-state index in [9.17, 15) is 0 Å². The second kappa shape index (κ2) is 8.84. The van der Waals surface area contributed by atoms with Gasteiger partial charge < -0.3 is 21.5 Å². The molecule has 1 unspecified atom stereocenters. The zero-order valence-electron chi connectivity index (χ0n) is 9.09. The van der Waals surface area contributed by atoms with Crippen LogP contribution in [-0.4, -0.2) is 25.7 Å². The average molecular weight is 201 g/mol. The summed E-state index contributed by atoms with van der Waals surface area (Å²) in [7, 11) is 0. The van der Waals surface area contributed by atoms with Gasteiger partial charge in [0.2, 0.25) is 0 Å². The summed E-state index contributed by atoms with van der Waals surface area (Å²) in [5, 5.41) is 3.08. The number of unbranched alkanes of at least 4 members (excludes halogenated alkanes) is 1. The lowest BCUT2D eigenvalue weighted by Crippen LogP contribution is -2.20. The molecule has 0 spiro atoms. The number of hydrogen-bond donors (Lipinski definition) is 3. The molecular weight excluding hydrogens is 178 g/mol. The predicted molar refractivity (Wildman–Crippen MR) is 59.6 cm³/mol. The van der Waals surface area contributed by atoms with Crippen LogP contribution in [-0.2, 0) is 4.74 Å². The molecule has 4 heteroatoms. The monoisotopic (exact) mass is 201 g/mol. The molecule has 0 fully saturated rings. The largest absolute Gasteiger partial charge is 0.478 e. The van der Waals surface area contributed by atoms with Crippen molar-refractivity contribution in [3.05, 3.63) is 12.5 Å². The molecule has 0 aromatic rings. The number of rotatable bonds is 9. The lowest BCUT2D eigenvalue weighted by Gasteiger charge is -2.10. The lowest BCUT2D eigenvalue weighted by atomic mass is 10.1. The molecule has 0 aromatic heterocycles. The molecular formula is C10H23N3O. The summed E-state index contributed by atoms with van der Waals surface area (Å²) in [6.07, 6.45) is 3.29. The van der Waals surface area contributed by atoms with Crippen molar-refractivity contribution in [3.8, 4) is 0 Å². The summed E-state index contributed by atoms with van der Waals surface area (Å²) < 4.78 is 5.16. The molecule has 0 amide bonds. The highest BCUT2D eigenvalue weighted by Gasteiger charge is 1.95. The van der Waals surface area contributed by atoms with Gasteiger partial charge in [-0.2, -0.15) is 0 Å². The van der Waals surface area contributed by atoms with E-state index in [1.54, 1.807) is 0 Å². The first kappa shape index (κ1) is 13.3. The zero-order chi connectivity index (χ0) is 10.8. The number of nitrogens with two attached hydrogens (primary N) is 2. The van der Waals surface area contributed by atoms with Crippen LogP contribution in [0, 0.1) is 0 Å². The van der Waals surface area contributed by atoms with E-state index in [1.807, 2.05) is 6.92 Å². The fourth-order valence-corrected chi connectivity index (χ4v) is 1.05. The van der Waals surface area contributed by atoms with Crippen molar-refractivity contribution in [2.24, 2.45) is 11.5 Å². The van der Waals surface area contributed by atoms with Crippen molar-refractivity contribution in [1.29, 1.82) is 0 Å². The van der Waals surface area contributed by atoms with Crippen LogP contribution < -0.4 is 16.8 Å². The fourth-order valence-electron chi connectivity index (χ4n) is 1.05. The van der Waals surface area contributed by atoms with Crippen LogP contribution >= 0.6 is 0 Å². The van der Waals surface area contributed by atoms with E-state index in [-0.39, 0.29) is 0 Å². The van der Waals surface area contributed by atoms with Crippen LogP contribution in [0.25, 0.3) is 0 Å². The Bertz CT molecular complexity index is 148. The van der Waals surface area contributed by atoms with Crippen molar-refractivity contribution in [2.45, 2.75) is 32.2 Å². The van der Waals surface area contributed by atoms with Crippen LogP contribution in [0.5, 0.6) is 0 Å². The molecule has 1 atom stereocenters. The molecule has 4 nitrogen and oxygen atoms in total. The van der Waals surface area contributed by atoms with E-state index in [1.165, 1.54) is 0 Å². The normalized spacial score (nSPS) is 12.2. The Morgan fingerprint density at radius 1 is 1.50 bits per heavy atom. The second-order valence-electron chi connectivity index (χ2n) is 3.46. The molecule has 0 heterocycles. The Hall–Kier alpha value is -0.740. The minimum absolute atomic E-state index is 0.298. The third kappa shape index (κ3) is 9.35. The summed E-state index contributed by atoms with van der Waals surface area (Å²) >= 11 is 0. The van der Waals surface area contributed by atoms with Gasteiger partial charge >= 0.3 is 0 Å². The van der Waals surface area contributed by atoms with Crippen molar-refractivity contribution in [3.63, 3.8) is 0 Å². The number of nitrogens with one attached hydrogen (secondary N) is 1. The molecule has 0 aliphatic rings. The van der Waals surface area contributed by atoms with Crippen molar-refractivity contribution in [1.82, 2.24) is 5.32 Å². The zero-order valence-corrected chi connectivity index (χ0v) is 9.09. The summed E-state index contributed by atoms with van der Waals surface area (Å²) in [5.41, 5.74) is 10.9. The Labute approximate surface area is 86.7 Å². The van der Waals surface area contributed by atoms with Crippen molar-refractivity contribution in [2.75, 3.05) is 19.7 Å². The van der Waals surface area contributed by atoms with E-state index in [0.29, 0.717) is 25.1 Å². The van der Waals surface area contributed by atoms with E-state index < -0.39 is 0 Å². The Morgan fingerprint density at radius 3 is 2.79 bits per heavy atom. The summed E-state index contributed by atoms with van der Waals surface area (Å²) in [5.74, 6) is 0.608. The first-order valence-corrected chi connectivity index (χ1v) is 5.18. The third-order valence-electron chi connectivity index (χ3n) is 1.80. The van der Waals surface area contributed by atoms with Gasteiger partial charge in [0, 0.05) is 19.1 Å². The van der Waals surface area contributed by atoms with Crippen LogP contribution in [0.1, 0.15) is 26.2 Å². The van der Waals surface area contributed by atoms with Gasteiger partial charge in [0.1, 0.15) is 6.61 Å². The molecule has 0 aliphatic heterocycles. The van der Waals surface area contributed by atoms with Gasteiger partial charge in [0.15, 0.2) is 5.88 Å². The Balaban J connectivity index is 3.15. The molecule has 0 saturated heterocycles. The van der Waals surface area contributed by atoms with Crippen LogP contribution in [0.3, 0.4) is 0 Å². The van der Waals surface area contributed by atoms with E-state index >= 15 is 0 Å². The third-order valence-corrected chi connectivity index (χ3v) is 1.80. The van der Waals surface area contributed by atoms with Gasteiger partial charge in [-0.1, -0.05) is 6.42 Å². The van der Waals surface area contributed by atoms with Gasteiger partial charge in [-0.05, 0) is 26.3 Å². The number of ether oxygens (including phenoxy) is 1. The lowest BCUT2D eigenvalue weighted by molar-refractivity contribution is 0.200. The van der Waals surface area contributed by atoms with E-state index in [2.05, 4.69) is 11.9 Å². The quantitative estimate of drug-likeness (QED) is 0.376. The first-order chi connectivity index (χ1) is 6.66. The van der Waals surface area contributed by atoms with Gasteiger partial charge in [0.25, 0.3) is 0 Å². The van der Waals surface area contributed by atoms with Gasteiger partial charge in [-0.3, -0.25) is 0 Å². The molecule has 0 rings (SSSR count). The molecule has 0 aromatic carbocycles. The molecule has 0 radical (unpaired) electrons. The molecule has 5 N–H and O–H groups in total. The van der Waals surface area contributed by atoms with Crippen LogP contribution in [0.2, 0.25) is 0 Å². The maximum absolute atomic E-state index is 5.62. The van der Waals surface area contributed by atoms with Gasteiger partial charge in [0.05, 0.1) is 0 Å². The summed E-state index contributed by atoms with van der Waals surface area (Å²) in [6, 6.07) is 0.298. The Kier molecular flexibility index (Phi) is 8.37. The predicted octanol–water partition coefficient (Wildman–Crippen LogP) is 0.540. The number of hydrogen-bond acceptors (Lipinski definition) is 4. The van der Waals surface area contributed by atoms with Crippen molar-refractivity contribution < 1.29 is 4.74 Å². The standard InChI is InChI=1S/C10H23N3O/c1-9(12)5-3-4-7-13-10(2)14-8-6-11/h9,13H,2-8,11-12H2,1H3. The highest BCUT2D eigenvalue weighted by Crippen LogP contribution is 1.97. The summed E-state index contributed by atoms with van der Waals surface area (Å²) in [6.45, 7) is 7.66. The molecule has 0 saturated carbocycles. The van der Waals surface area contributed by atoms with Gasteiger partial charge in [-0.15, -0.1) is 0 Å². The Morgan fingerprint density at radius 2 is 2.21 bits per heavy atom.